The number of aliphatic hydroxyl groups is 1. The van der Waals surface area contributed by atoms with Gasteiger partial charge in [-0.3, -0.25) is 4.79 Å². The molecule has 1 aromatic carbocycles. The van der Waals surface area contributed by atoms with E-state index in [0.717, 1.165) is 18.4 Å². The molecule has 1 aromatic rings. The Labute approximate surface area is 131 Å². The van der Waals surface area contributed by atoms with Crippen molar-refractivity contribution in [3.63, 3.8) is 0 Å². The highest BCUT2D eigenvalue weighted by molar-refractivity contribution is 6.01. The van der Waals surface area contributed by atoms with E-state index in [2.05, 4.69) is 6.92 Å². The molecule has 5 nitrogen and oxygen atoms in total. The Kier molecular flexibility index (Phi) is 5.80. The molecule has 22 heavy (non-hydrogen) atoms. The molecule has 0 aromatic heterocycles. The minimum atomic E-state index is -0.501. The van der Waals surface area contributed by atoms with Gasteiger partial charge in [-0.2, -0.15) is 0 Å². The van der Waals surface area contributed by atoms with Crippen LogP contribution in [0.25, 0.3) is 0 Å². The van der Waals surface area contributed by atoms with Crippen LogP contribution in [0.1, 0.15) is 49.0 Å². The zero-order valence-electron chi connectivity index (χ0n) is 13.4. The molecule has 0 radical (unpaired) electrons. The van der Waals surface area contributed by atoms with Gasteiger partial charge in [-0.05, 0) is 31.0 Å². The molecule has 2 atom stereocenters. The molecular formula is C17H24O5. The van der Waals surface area contributed by atoms with E-state index in [0.29, 0.717) is 30.1 Å². The number of ketones is 1. The van der Waals surface area contributed by atoms with Crippen molar-refractivity contribution in [2.45, 2.75) is 51.9 Å². The molecule has 1 N–H and O–H groups in total. The molecule has 0 saturated carbocycles. The number of hydrogen-bond acceptors (Lipinski definition) is 5. The summed E-state index contributed by atoms with van der Waals surface area (Å²) in [6, 6.07) is 3.47. The number of fused-ring (bicyclic) bond motifs is 1. The molecule has 1 heterocycles. The Morgan fingerprint density at radius 2 is 2.18 bits per heavy atom. The van der Waals surface area contributed by atoms with Crippen molar-refractivity contribution >= 4 is 5.78 Å². The van der Waals surface area contributed by atoms with Gasteiger partial charge in [0.2, 0.25) is 0 Å². The maximum atomic E-state index is 12.1. The van der Waals surface area contributed by atoms with Crippen molar-refractivity contribution in [2.24, 2.45) is 0 Å². The van der Waals surface area contributed by atoms with Crippen LogP contribution in [0.5, 0.6) is 11.5 Å². The van der Waals surface area contributed by atoms with Crippen LogP contribution in [-0.2, 0) is 11.3 Å². The first kappa shape index (κ1) is 16.8. The molecule has 0 aliphatic carbocycles. The first-order valence-corrected chi connectivity index (χ1v) is 7.74. The molecule has 0 spiro atoms. The maximum absolute atomic E-state index is 12.1. The second kappa shape index (κ2) is 7.61. The van der Waals surface area contributed by atoms with Crippen molar-refractivity contribution < 1.29 is 24.1 Å². The summed E-state index contributed by atoms with van der Waals surface area (Å²) in [5, 5.41) is 9.88. The van der Waals surface area contributed by atoms with Gasteiger partial charge in [-0.25, -0.2) is 0 Å². The zero-order chi connectivity index (χ0) is 16.1. The average molecular weight is 308 g/mol. The van der Waals surface area contributed by atoms with Crippen LogP contribution in [0, 0.1) is 0 Å². The van der Waals surface area contributed by atoms with Crippen molar-refractivity contribution in [3.05, 3.63) is 23.3 Å². The standard InChI is InChI=1S/C17H24O5/c1-4-5-6-13(18)10-22-16-7-12-9-21-11(2)17(19)14(12)8-15(16)20-3/h7-8,11,13,18H,4-6,9-10H2,1-3H3. The average Bonchev–Trinajstić information content (AvgIpc) is 2.53. The second-order valence-electron chi connectivity index (χ2n) is 5.58. The third kappa shape index (κ3) is 3.78. The van der Waals surface area contributed by atoms with Crippen molar-refractivity contribution in [1.29, 1.82) is 0 Å². The summed E-state index contributed by atoms with van der Waals surface area (Å²) in [4.78, 5) is 12.1. The summed E-state index contributed by atoms with van der Waals surface area (Å²) in [6.07, 6.45) is 1.78. The van der Waals surface area contributed by atoms with E-state index in [-0.39, 0.29) is 12.4 Å². The molecular weight excluding hydrogens is 284 g/mol. The minimum absolute atomic E-state index is 0.0471. The lowest BCUT2D eigenvalue weighted by Gasteiger charge is -2.23. The van der Waals surface area contributed by atoms with E-state index in [4.69, 9.17) is 14.2 Å². The molecule has 2 rings (SSSR count). The summed E-state index contributed by atoms with van der Waals surface area (Å²) < 4.78 is 16.4. The fourth-order valence-corrected chi connectivity index (χ4v) is 2.44. The number of aliphatic hydroxyl groups excluding tert-OH is 1. The molecule has 0 saturated heterocycles. The molecule has 0 amide bonds. The topological polar surface area (TPSA) is 65.0 Å². The van der Waals surface area contributed by atoms with Crippen LogP contribution in [-0.4, -0.2) is 36.8 Å². The van der Waals surface area contributed by atoms with Gasteiger partial charge in [-0.1, -0.05) is 19.8 Å². The van der Waals surface area contributed by atoms with Gasteiger partial charge in [0, 0.05) is 5.56 Å². The lowest BCUT2D eigenvalue weighted by Crippen LogP contribution is -2.27. The molecule has 1 aliphatic heterocycles. The first-order valence-electron chi connectivity index (χ1n) is 7.74. The quantitative estimate of drug-likeness (QED) is 0.839. The summed E-state index contributed by atoms with van der Waals surface area (Å²) in [5.74, 6) is 0.987. The van der Waals surface area contributed by atoms with E-state index in [1.165, 1.54) is 7.11 Å². The Bertz CT molecular complexity index is 526. The molecule has 5 heteroatoms. The van der Waals surface area contributed by atoms with E-state index in [9.17, 15) is 9.90 Å². The number of Topliss-reactive ketones (excluding diaryl/α,β-unsaturated/α-hetero) is 1. The Morgan fingerprint density at radius 1 is 1.41 bits per heavy atom. The zero-order valence-corrected chi connectivity index (χ0v) is 13.4. The molecule has 1 aliphatic rings. The summed E-state index contributed by atoms with van der Waals surface area (Å²) in [5.41, 5.74) is 1.41. The van der Waals surface area contributed by atoms with Gasteiger partial charge in [0.15, 0.2) is 17.3 Å². The van der Waals surface area contributed by atoms with Crippen LogP contribution in [0.15, 0.2) is 12.1 Å². The van der Waals surface area contributed by atoms with Crippen LogP contribution >= 0.6 is 0 Å². The Morgan fingerprint density at radius 3 is 2.86 bits per heavy atom. The number of unbranched alkanes of at least 4 members (excludes halogenated alkanes) is 1. The highest BCUT2D eigenvalue weighted by Crippen LogP contribution is 2.34. The monoisotopic (exact) mass is 308 g/mol. The van der Waals surface area contributed by atoms with E-state index < -0.39 is 12.2 Å². The third-order valence-electron chi connectivity index (χ3n) is 3.84. The SMILES string of the molecule is CCCCC(O)COc1cc2c(cc1OC)C(=O)C(C)OC2. The van der Waals surface area contributed by atoms with Crippen LogP contribution in [0.4, 0.5) is 0 Å². The van der Waals surface area contributed by atoms with Crippen LogP contribution in [0.2, 0.25) is 0 Å². The van der Waals surface area contributed by atoms with Gasteiger partial charge in [0.1, 0.15) is 12.7 Å². The summed E-state index contributed by atoms with van der Waals surface area (Å²) in [6.45, 7) is 4.41. The first-order chi connectivity index (χ1) is 10.6. The van der Waals surface area contributed by atoms with Crippen molar-refractivity contribution in [2.75, 3.05) is 13.7 Å². The molecule has 122 valence electrons. The largest absolute Gasteiger partial charge is 0.493 e. The lowest BCUT2D eigenvalue weighted by molar-refractivity contribution is 0.0334. The number of ether oxygens (including phenoxy) is 3. The highest BCUT2D eigenvalue weighted by Gasteiger charge is 2.26. The number of benzene rings is 1. The highest BCUT2D eigenvalue weighted by atomic mass is 16.5. The van der Waals surface area contributed by atoms with Gasteiger partial charge >= 0.3 is 0 Å². The molecule has 0 bridgehead atoms. The second-order valence-corrected chi connectivity index (χ2v) is 5.58. The molecule has 2 unspecified atom stereocenters. The normalized spacial score (nSPS) is 18.7. The summed E-state index contributed by atoms with van der Waals surface area (Å²) in [7, 11) is 1.54. The fourth-order valence-electron chi connectivity index (χ4n) is 2.44. The number of rotatable bonds is 7. The number of carbonyl (C=O) groups excluding carboxylic acids is 1. The Hall–Kier alpha value is -1.59. The predicted octanol–water partition coefficient (Wildman–Crippen LogP) is 2.73. The smallest absolute Gasteiger partial charge is 0.191 e. The van der Waals surface area contributed by atoms with Crippen LogP contribution in [0.3, 0.4) is 0 Å². The van der Waals surface area contributed by atoms with Crippen molar-refractivity contribution in [1.82, 2.24) is 0 Å². The van der Waals surface area contributed by atoms with Gasteiger partial charge in [-0.15, -0.1) is 0 Å². The maximum Gasteiger partial charge on any atom is 0.191 e. The molecule has 0 fully saturated rings. The van der Waals surface area contributed by atoms with E-state index in [1.54, 1.807) is 19.1 Å². The van der Waals surface area contributed by atoms with Gasteiger partial charge < -0.3 is 19.3 Å². The minimum Gasteiger partial charge on any atom is -0.493 e. The Balaban J connectivity index is 2.13. The van der Waals surface area contributed by atoms with Gasteiger partial charge in [0.05, 0.1) is 19.8 Å². The summed E-state index contributed by atoms with van der Waals surface area (Å²) >= 11 is 0. The number of hydrogen-bond donors (Lipinski definition) is 1. The van der Waals surface area contributed by atoms with Crippen molar-refractivity contribution in [3.8, 4) is 11.5 Å². The third-order valence-corrected chi connectivity index (χ3v) is 3.84. The fraction of sp³-hybridized carbons (Fsp3) is 0.588. The predicted molar refractivity (Wildman–Crippen MR) is 82.6 cm³/mol. The van der Waals surface area contributed by atoms with Gasteiger partial charge in [0.25, 0.3) is 0 Å². The van der Waals surface area contributed by atoms with E-state index >= 15 is 0 Å². The van der Waals surface area contributed by atoms with Crippen LogP contribution < -0.4 is 9.47 Å². The number of carbonyl (C=O) groups is 1. The van der Waals surface area contributed by atoms with E-state index in [1.807, 2.05) is 0 Å². The lowest BCUT2D eigenvalue weighted by atomic mass is 9.97. The number of methoxy groups -OCH3 is 1.